The van der Waals surface area contributed by atoms with Gasteiger partial charge in [0.15, 0.2) is 0 Å². The van der Waals surface area contributed by atoms with Gasteiger partial charge in [0.2, 0.25) is 11.7 Å². The van der Waals surface area contributed by atoms with Gasteiger partial charge in [0, 0.05) is 29.8 Å². The molecule has 3 heterocycles. The van der Waals surface area contributed by atoms with Crippen molar-refractivity contribution < 1.29 is 14.1 Å². The molecule has 1 saturated carbocycles. The largest absolute Gasteiger partial charge is 0.465 e. The lowest BCUT2D eigenvalue weighted by molar-refractivity contribution is -0.147. The highest BCUT2D eigenvalue weighted by atomic mass is 16.5. The summed E-state index contributed by atoms with van der Waals surface area (Å²) in [7, 11) is 0. The Hall–Kier alpha value is -3.13. The Bertz CT molecular complexity index is 1020. The molecule has 1 aromatic carbocycles. The second-order valence-electron chi connectivity index (χ2n) is 8.33. The van der Waals surface area contributed by atoms with Gasteiger partial charge in [0.25, 0.3) is 0 Å². The average Bonchev–Trinajstić information content (AvgIpc) is 3.58. The van der Waals surface area contributed by atoms with Crippen molar-refractivity contribution in [3.05, 3.63) is 48.7 Å². The zero-order valence-corrected chi connectivity index (χ0v) is 17.3. The van der Waals surface area contributed by atoms with Gasteiger partial charge >= 0.3 is 5.97 Å². The molecule has 0 spiro atoms. The molecule has 1 saturated heterocycles. The van der Waals surface area contributed by atoms with Crippen LogP contribution in [0.2, 0.25) is 0 Å². The van der Waals surface area contributed by atoms with Gasteiger partial charge in [-0.15, -0.1) is 0 Å². The number of nitrogens with zero attached hydrogens (tertiary/aromatic N) is 5. The summed E-state index contributed by atoms with van der Waals surface area (Å²) >= 11 is 0. The molecule has 0 N–H and O–H groups in total. The number of rotatable bonds is 7. The van der Waals surface area contributed by atoms with Crippen LogP contribution >= 0.6 is 0 Å². The van der Waals surface area contributed by atoms with Gasteiger partial charge in [-0.2, -0.15) is 4.98 Å². The lowest BCUT2D eigenvalue weighted by atomic mass is 9.99. The van der Waals surface area contributed by atoms with Crippen molar-refractivity contribution in [3.8, 4) is 22.6 Å². The van der Waals surface area contributed by atoms with E-state index in [-0.39, 0.29) is 11.9 Å². The molecule has 0 bridgehead atoms. The van der Waals surface area contributed by atoms with Crippen LogP contribution in [0.5, 0.6) is 0 Å². The van der Waals surface area contributed by atoms with Gasteiger partial charge in [-0.1, -0.05) is 29.4 Å². The maximum atomic E-state index is 11.8. The van der Waals surface area contributed by atoms with Crippen LogP contribution in [-0.2, 0) is 16.1 Å². The zero-order valence-electron chi connectivity index (χ0n) is 17.3. The fraction of sp³-hybridized carbons (Fsp3) is 0.435. The molecule has 2 aromatic heterocycles. The molecule has 2 aliphatic rings. The molecule has 160 valence electrons. The molecule has 0 unspecified atom stereocenters. The van der Waals surface area contributed by atoms with Gasteiger partial charge in [0.05, 0.1) is 24.8 Å². The third kappa shape index (κ3) is 4.96. The molecule has 1 aliphatic heterocycles. The smallest absolute Gasteiger partial charge is 0.308 e. The summed E-state index contributed by atoms with van der Waals surface area (Å²) in [5, 5.41) is 4.15. The fourth-order valence-corrected chi connectivity index (χ4v) is 3.95. The fourth-order valence-electron chi connectivity index (χ4n) is 3.95. The van der Waals surface area contributed by atoms with Gasteiger partial charge in [-0.05, 0) is 38.3 Å². The number of benzene rings is 1. The van der Waals surface area contributed by atoms with Gasteiger partial charge in [0.1, 0.15) is 6.33 Å². The normalized spacial score (nSPS) is 19.3. The lowest BCUT2D eigenvalue weighted by Gasteiger charge is -2.31. The van der Waals surface area contributed by atoms with E-state index in [0.29, 0.717) is 30.8 Å². The average molecular weight is 419 g/mol. The summed E-state index contributed by atoms with van der Waals surface area (Å²) in [6, 6.07) is 9.80. The molecule has 8 nitrogen and oxygen atoms in total. The predicted octanol–water partition coefficient (Wildman–Crippen LogP) is 3.36. The van der Waals surface area contributed by atoms with Crippen LogP contribution in [0.1, 0.15) is 31.6 Å². The number of likely N-dealkylation sites (tertiary alicyclic amines) is 1. The molecule has 8 heteroatoms. The highest BCUT2D eigenvalue weighted by Gasteiger charge is 2.32. The van der Waals surface area contributed by atoms with Crippen LogP contribution in [-0.4, -0.2) is 50.7 Å². The van der Waals surface area contributed by atoms with Crippen molar-refractivity contribution in [2.75, 3.05) is 19.7 Å². The summed E-state index contributed by atoms with van der Waals surface area (Å²) < 4.78 is 11.0. The quantitative estimate of drug-likeness (QED) is 0.538. The van der Waals surface area contributed by atoms with E-state index in [1.165, 1.54) is 6.33 Å². The number of carbonyl (C=O) groups excluding carboxylic acids is 1. The Kier molecular flexibility index (Phi) is 5.71. The summed E-state index contributed by atoms with van der Waals surface area (Å²) in [6.45, 7) is 2.99. The molecule has 2 fully saturated rings. The molecule has 0 amide bonds. The molecular formula is C23H25N5O3. The van der Waals surface area contributed by atoms with Gasteiger partial charge < -0.3 is 9.26 Å². The molecule has 31 heavy (non-hydrogen) atoms. The Balaban J connectivity index is 1.17. The van der Waals surface area contributed by atoms with E-state index in [2.05, 4.69) is 25.0 Å². The van der Waals surface area contributed by atoms with Crippen LogP contribution in [0.4, 0.5) is 0 Å². The molecule has 1 aliphatic carbocycles. The third-order valence-corrected chi connectivity index (χ3v) is 5.82. The van der Waals surface area contributed by atoms with Crippen LogP contribution in [0.15, 0.2) is 47.4 Å². The first kappa shape index (κ1) is 19.8. The first-order chi connectivity index (χ1) is 15.2. The van der Waals surface area contributed by atoms with Crippen molar-refractivity contribution in [3.63, 3.8) is 0 Å². The Morgan fingerprint density at radius 3 is 2.74 bits per heavy atom. The minimum Gasteiger partial charge on any atom is -0.465 e. The molecule has 5 rings (SSSR count). The molecule has 0 radical (unpaired) electrons. The van der Waals surface area contributed by atoms with Crippen molar-refractivity contribution >= 4 is 5.97 Å². The first-order valence-electron chi connectivity index (χ1n) is 10.8. The second-order valence-corrected chi connectivity index (χ2v) is 8.33. The van der Waals surface area contributed by atoms with Gasteiger partial charge in [-0.25, -0.2) is 9.97 Å². The molecule has 3 aromatic rings. The monoisotopic (exact) mass is 419 g/mol. The van der Waals surface area contributed by atoms with E-state index < -0.39 is 0 Å². The van der Waals surface area contributed by atoms with E-state index in [9.17, 15) is 4.79 Å². The number of ether oxygens (including phenoxy) is 1. The number of carbonyl (C=O) groups is 1. The zero-order chi connectivity index (χ0) is 21.0. The Morgan fingerprint density at radius 2 is 1.97 bits per heavy atom. The van der Waals surface area contributed by atoms with E-state index in [4.69, 9.17) is 9.26 Å². The van der Waals surface area contributed by atoms with Crippen LogP contribution in [0.3, 0.4) is 0 Å². The van der Waals surface area contributed by atoms with Crippen LogP contribution in [0, 0.1) is 11.8 Å². The maximum Gasteiger partial charge on any atom is 0.308 e. The van der Waals surface area contributed by atoms with Crippen LogP contribution < -0.4 is 0 Å². The third-order valence-electron chi connectivity index (χ3n) is 5.82. The van der Waals surface area contributed by atoms with Gasteiger partial charge in [-0.3, -0.25) is 9.69 Å². The minimum absolute atomic E-state index is 0.0237. The van der Waals surface area contributed by atoms with E-state index in [1.54, 1.807) is 6.20 Å². The summed E-state index contributed by atoms with van der Waals surface area (Å²) in [5.41, 5.74) is 2.78. The number of hydrogen-bond donors (Lipinski definition) is 0. The highest BCUT2D eigenvalue weighted by Crippen LogP contribution is 2.30. The standard InChI is InChI=1S/C23H25N5O3/c29-23(19-7-8-19)30-14-16-2-1-11-28(12-16)13-21-26-22(27-31-21)18-5-3-17(4-6-18)20-9-10-24-15-25-20/h3-6,9-10,15-16,19H,1-2,7-8,11-14H2/t16-/m0/s1. The second kappa shape index (κ2) is 8.93. The van der Waals surface area contributed by atoms with Crippen molar-refractivity contribution in [2.24, 2.45) is 11.8 Å². The number of aromatic nitrogens is 4. The van der Waals surface area contributed by atoms with Crippen molar-refractivity contribution in [1.82, 2.24) is 25.0 Å². The highest BCUT2D eigenvalue weighted by molar-refractivity contribution is 5.74. The Morgan fingerprint density at radius 1 is 1.13 bits per heavy atom. The minimum atomic E-state index is -0.0237. The van der Waals surface area contributed by atoms with Crippen molar-refractivity contribution in [1.29, 1.82) is 0 Å². The predicted molar refractivity (Wildman–Crippen MR) is 112 cm³/mol. The topological polar surface area (TPSA) is 94.2 Å². The summed E-state index contributed by atoms with van der Waals surface area (Å²) in [4.78, 5) is 26.9. The Labute approximate surface area is 180 Å². The summed E-state index contributed by atoms with van der Waals surface area (Å²) in [6.07, 6.45) is 7.40. The van der Waals surface area contributed by atoms with Crippen LogP contribution in [0.25, 0.3) is 22.6 Å². The first-order valence-corrected chi connectivity index (χ1v) is 10.8. The lowest BCUT2D eigenvalue weighted by Crippen LogP contribution is -2.37. The number of piperidine rings is 1. The van der Waals surface area contributed by atoms with E-state index >= 15 is 0 Å². The van der Waals surface area contributed by atoms with E-state index in [1.807, 2.05) is 30.3 Å². The molecule has 1 atom stereocenters. The maximum absolute atomic E-state index is 11.8. The molecular weight excluding hydrogens is 394 g/mol. The number of hydrogen-bond acceptors (Lipinski definition) is 8. The SMILES string of the molecule is O=C(OC[C@H]1CCCN(Cc2nc(-c3ccc(-c4ccncn4)cc3)no2)C1)C1CC1. The van der Waals surface area contributed by atoms with E-state index in [0.717, 1.165) is 55.6 Å². The number of esters is 1. The van der Waals surface area contributed by atoms with Crippen molar-refractivity contribution in [2.45, 2.75) is 32.2 Å². The summed E-state index contributed by atoms with van der Waals surface area (Å²) in [5.74, 6) is 1.69.